The average molecular weight is 274 g/mol. The third-order valence-corrected chi connectivity index (χ3v) is 3.61. The van der Waals surface area contributed by atoms with Crippen molar-refractivity contribution < 1.29 is 9.59 Å². The minimum absolute atomic E-state index is 0.148. The van der Waals surface area contributed by atoms with Crippen molar-refractivity contribution in [2.75, 3.05) is 0 Å². The zero-order valence-corrected chi connectivity index (χ0v) is 12.3. The Morgan fingerprint density at radius 3 is 2.40 bits per heavy atom. The molecule has 108 valence electrons. The number of carbonyl (C=O) groups excluding carboxylic acids is 2. The van der Waals surface area contributed by atoms with Gasteiger partial charge in [-0.05, 0) is 23.0 Å². The van der Waals surface area contributed by atoms with E-state index in [0.29, 0.717) is 19.4 Å². The van der Waals surface area contributed by atoms with Crippen LogP contribution in [0.1, 0.15) is 44.7 Å². The summed E-state index contributed by atoms with van der Waals surface area (Å²) in [5.41, 5.74) is 2.58. The Hall–Kier alpha value is -1.68. The number of hydrogen-bond acceptors (Lipinski definition) is 3. The SMILES string of the molecule is CC(C)(C)c1ccc(CNC2CCC(=O)NC2=O)cc1. The number of carbonyl (C=O) groups is 2. The van der Waals surface area contributed by atoms with Crippen molar-refractivity contribution in [3.05, 3.63) is 35.4 Å². The van der Waals surface area contributed by atoms with Crippen LogP contribution in [0.4, 0.5) is 0 Å². The van der Waals surface area contributed by atoms with E-state index in [2.05, 4.69) is 55.7 Å². The highest BCUT2D eigenvalue weighted by Crippen LogP contribution is 2.22. The second kappa shape index (κ2) is 5.75. The highest BCUT2D eigenvalue weighted by Gasteiger charge is 2.25. The van der Waals surface area contributed by atoms with Crippen molar-refractivity contribution in [2.45, 2.75) is 51.6 Å². The van der Waals surface area contributed by atoms with Gasteiger partial charge in [0.1, 0.15) is 0 Å². The maximum absolute atomic E-state index is 11.6. The van der Waals surface area contributed by atoms with Gasteiger partial charge in [-0.1, -0.05) is 45.0 Å². The van der Waals surface area contributed by atoms with Crippen molar-refractivity contribution in [3.63, 3.8) is 0 Å². The molecule has 1 aromatic carbocycles. The molecule has 0 saturated carbocycles. The second-order valence-corrected chi connectivity index (χ2v) is 6.33. The molecule has 2 rings (SSSR count). The van der Waals surface area contributed by atoms with Gasteiger partial charge in [0.05, 0.1) is 6.04 Å². The van der Waals surface area contributed by atoms with E-state index in [4.69, 9.17) is 0 Å². The van der Waals surface area contributed by atoms with Crippen LogP contribution in [0.15, 0.2) is 24.3 Å². The van der Waals surface area contributed by atoms with Gasteiger partial charge in [0.2, 0.25) is 11.8 Å². The van der Waals surface area contributed by atoms with E-state index in [1.165, 1.54) is 5.56 Å². The van der Waals surface area contributed by atoms with E-state index in [-0.39, 0.29) is 23.3 Å². The molecule has 4 heteroatoms. The molecule has 1 fully saturated rings. The van der Waals surface area contributed by atoms with Crippen molar-refractivity contribution in [3.8, 4) is 0 Å². The summed E-state index contributed by atoms with van der Waals surface area (Å²) < 4.78 is 0. The Morgan fingerprint density at radius 1 is 1.20 bits per heavy atom. The first kappa shape index (κ1) is 14.7. The maximum atomic E-state index is 11.6. The molecule has 1 aromatic rings. The fourth-order valence-corrected chi connectivity index (χ4v) is 2.25. The van der Waals surface area contributed by atoms with E-state index >= 15 is 0 Å². The van der Waals surface area contributed by atoms with Crippen molar-refractivity contribution in [1.29, 1.82) is 0 Å². The molecule has 1 heterocycles. The Morgan fingerprint density at radius 2 is 1.85 bits per heavy atom. The first-order valence-corrected chi connectivity index (χ1v) is 7.03. The molecule has 1 saturated heterocycles. The molecule has 2 N–H and O–H groups in total. The van der Waals surface area contributed by atoms with Crippen molar-refractivity contribution >= 4 is 11.8 Å². The number of rotatable bonds is 3. The van der Waals surface area contributed by atoms with Gasteiger partial charge in [0, 0.05) is 13.0 Å². The Bertz CT molecular complexity index is 500. The summed E-state index contributed by atoms with van der Waals surface area (Å²) in [5.74, 6) is -0.393. The van der Waals surface area contributed by atoms with Crippen LogP contribution in [0.5, 0.6) is 0 Å². The van der Waals surface area contributed by atoms with Gasteiger partial charge in [0.15, 0.2) is 0 Å². The highest BCUT2D eigenvalue weighted by molar-refractivity contribution is 6.00. The van der Waals surface area contributed by atoms with Gasteiger partial charge in [0.25, 0.3) is 0 Å². The lowest BCUT2D eigenvalue weighted by Gasteiger charge is -2.22. The van der Waals surface area contributed by atoms with E-state index < -0.39 is 0 Å². The summed E-state index contributed by atoms with van der Waals surface area (Å²) in [6.07, 6.45) is 0.983. The predicted octanol–water partition coefficient (Wildman–Crippen LogP) is 1.88. The van der Waals surface area contributed by atoms with Crippen LogP contribution < -0.4 is 10.6 Å². The normalized spacial score (nSPS) is 19.9. The van der Waals surface area contributed by atoms with Crippen LogP contribution in [0, 0.1) is 0 Å². The van der Waals surface area contributed by atoms with Crippen LogP contribution in [0.25, 0.3) is 0 Å². The van der Waals surface area contributed by atoms with Crippen LogP contribution >= 0.6 is 0 Å². The summed E-state index contributed by atoms with van der Waals surface area (Å²) >= 11 is 0. The lowest BCUT2D eigenvalue weighted by Crippen LogP contribution is -2.50. The molecule has 1 aliphatic rings. The molecule has 2 amide bonds. The first-order valence-electron chi connectivity index (χ1n) is 7.03. The van der Waals surface area contributed by atoms with E-state index in [0.717, 1.165) is 5.56 Å². The summed E-state index contributed by atoms with van der Waals surface area (Å²) in [5, 5.41) is 5.56. The van der Waals surface area contributed by atoms with E-state index in [9.17, 15) is 9.59 Å². The smallest absolute Gasteiger partial charge is 0.243 e. The summed E-state index contributed by atoms with van der Waals surface area (Å²) in [6.45, 7) is 7.19. The molecule has 1 unspecified atom stereocenters. The lowest BCUT2D eigenvalue weighted by atomic mass is 9.87. The molecule has 0 spiro atoms. The molecular weight excluding hydrogens is 252 g/mol. The van der Waals surface area contributed by atoms with Gasteiger partial charge < -0.3 is 5.32 Å². The van der Waals surface area contributed by atoms with Crippen molar-refractivity contribution in [1.82, 2.24) is 10.6 Å². The fourth-order valence-electron chi connectivity index (χ4n) is 2.25. The van der Waals surface area contributed by atoms with Crippen LogP contribution in [0.3, 0.4) is 0 Å². The van der Waals surface area contributed by atoms with E-state index in [1.54, 1.807) is 0 Å². The summed E-state index contributed by atoms with van der Waals surface area (Å²) in [7, 11) is 0. The van der Waals surface area contributed by atoms with Crippen LogP contribution in [-0.2, 0) is 21.5 Å². The van der Waals surface area contributed by atoms with Gasteiger partial charge in [-0.3, -0.25) is 14.9 Å². The molecule has 1 aliphatic heterocycles. The summed E-state index contributed by atoms with van der Waals surface area (Å²) in [6, 6.07) is 8.15. The fraction of sp³-hybridized carbons (Fsp3) is 0.500. The number of hydrogen-bond donors (Lipinski definition) is 2. The van der Waals surface area contributed by atoms with Gasteiger partial charge in [-0.2, -0.15) is 0 Å². The molecule has 20 heavy (non-hydrogen) atoms. The first-order chi connectivity index (χ1) is 9.36. The largest absolute Gasteiger partial charge is 0.302 e. The molecule has 0 aliphatic carbocycles. The minimum Gasteiger partial charge on any atom is -0.302 e. The average Bonchev–Trinajstić information content (AvgIpc) is 2.37. The van der Waals surface area contributed by atoms with Crippen LogP contribution in [-0.4, -0.2) is 17.9 Å². The second-order valence-electron chi connectivity index (χ2n) is 6.33. The molecule has 0 bridgehead atoms. The highest BCUT2D eigenvalue weighted by atomic mass is 16.2. The number of benzene rings is 1. The lowest BCUT2D eigenvalue weighted by molar-refractivity contribution is -0.134. The Balaban J connectivity index is 1.91. The molecule has 1 atom stereocenters. The third kappa shape index (κ3) is 3.67. The molecule has 4 nitrogen and oxygen atoms in total. The number of nitrogens with one attached hydrogen (secondary N) is 2. The predicted molar refractivity (Wildman–Crippen MR) is 78.2 cm³/mol. The molecular formula is C16H22N2O2. The number of piperidine rings is 1. The van der Waals surface area contributed by atoms with Crippen LogP contribution in [0.2, 0.25) is 0 Å². The topological polar surface area (TPSA) is 58.2 Å². The number of amides is 2. The zero-order valence-electron chi connectivity index (χ0n) is 12.3. The minimum atomic E-state index is -0.269. The quantitative estimate of drug-likeness (QED) is 0.827. The van der Waals surface area contributed by atoms with Gasteiger partial charge >= 0.3 is 0 Å². The zero-order chi connectivity index (χ0) is 14.8. The van der Waals surface area contributed by atoms with E-state index in [1.807, 2.05) is 0 Å². The summed E-state index contributed by atoms with van der Waals surface area (Å²) in [4.78, 5) is 22.7. The standard InChI is InChI=1S/C16H22N2O2/c1-16(2,3)12-6-4-11(5-7-12)10-17-13-8-9-14(19)18-15(13)20/h4-7,13,17H,8-10H2,1-3H3,(H,18,19,20). The Labute approximate surface area is 119 Å². The monoisotopic (exact) mass is 274 g/mol. The molecule has 0 radical (unpaired) electrons. The van der Waals surface area contributed by atoms with Crippen molar-refractivity contribution in [2.24, 2.45) is 0 Å². The third-order valence-electron chi connectivity index (χ3n) is 3.61. The van der Waals surface area contributed by atoms with Gasteiger partial charge in [-0.15, -0.1) is 0 Å². The maximum Gasteiger partial charge on any atom is 0.243 e. The molecule has 0 aromatic heterocycles. The van der Waals surface area contributed by atoms with Gasteiger partial charge in [-0.25, -0.2) is 0 Å². The number of imide groups is 1. The Kier molecular flexibility index (Phi) is 4.23.